The van der Waals surface area contributed by atoms with E-state index in [1.807, 2.05) is 24.3 Å². The molecule has 1 aromatic heterocycles. The molecule has 0 aliphatic rings. The summed E-state index contributed by atoms with van der Waals surface area (Å²) in [7, 11) is 0. The average molecular weight is 286 g/mol. The van der Waals surface area contributed by atoms with Crippen LogP contribution in [0.25, 0.3) is 11.0 Å². The fraction of sp³-hybridized carbons (Fsp3) is 0.188. The van der Waals surface area contributed by atoms with Gasteiger partial charge in [-0.15, -0.1) is 0 Å². The van der Waals surface area contributed by atoms with E-state index < -0.39 is 6.10 Å². The van der Waals surface area contributed by atoms with E-state index in [1.165, 1.54) is 12.1 Å². The minimum absolute atomic E-state index is 0.208. The fourth-order valence-electron chi connectivity index (χ4n) is 2.44. The SMILES string of the molecule is OCc1nc2ccccc2n1CC(O)c1cccc(F)c1. The van der Waals surface area contributed by atoms with Crippen molar-refractivity contribution in [2.45, 2.75) is 19.3 Å². The van der Waals surface area contributed by atoms with Crippen molar-refractivity contribution >= 4 is 11.0 Å². The van der Waals surface area contributed by atoms with E-state index in [2.05, 4.69) is 4.98 Å². The third-order valence-corrected chi connectivity index (χ3v) is 3.46. The van der Waals surface area contributed by atoms with E-state index in [4.69, 9.17) is 0 Å². The van der Waals surface area contributed by atoms with Crippen LogP contribution in [-0.2, 0) is 13.2 Å². The summed E-state index contributed by atoms with van der Waals surface area (Å²) in [5, 5.41) is 19.7. The summed E-state index contributed by atoms with van der Waals surface area (Å²) in [6, 6.07) is 13.3. The van der Waals surface area contributed by atoms with Crippen LogP contribution in [0.4, 0.5) is 4.39 Å². The second-order valence-corrected chi connectivity index (χ2v) is 4.86. The summed E-state index contributed by atoms with van der Waals surface area (Å²) in [6.07, 6.45) is -0.872. The normalized spacial score (nSPS) is 12.7. The maximum Gasteiger partial charge on any atom is 0.135 e. The molecule has 1 unspecified atom stereocenters. The standard InChI is InChI=1S/C16H15FN2O2/c17-12-5-3-4-11(8-12)15(21)9-19-14-7-2-1-6-13(14)18-16(19)10-20/h1-8,15,20-21H,9-10H2. The van der Waals surface area contributed by atoms with Gasteiger partial charge in [0.05, 0.1) is 23.7 Å². The lowest BCUT2D eigenvalue weighted by molar-refractivity contribution is 0.153. The van der Waals surface area contributed by atoms with Crippen LogP contribution in [-0.4, -0.2) is 19.8 Å². The highest BCUT2D eigenvalue weighted by Crippen LogP contribution is 2.22. The molecule has 3 rings (SSSR count). The summed E-state index contributed by atoms with van der Waals surface area (Å²) >= 11 is 0. The van der Waals surface area contributed by atoms with Crippen LogP contribution in [0.3, 0.4) is 0 Å². The first kappa shape index (κ1) is 13.7. The lowest BCUT2D eigenvalue weighted by Gasteiger charge is -2.14. The molecular formula is C16H15FN2O2. The van der Waals surface area contributed by atoms with Gasteiger partial charge in [0.2, 0.25) is 0 Å². The van der Waals surface area contributed by atoms with Gasteiger partial charge in [-0.25, -0.2) is 9.37 Å². The molecule has 0 radical (unpaired) electrons. The molecule has 0 fully saturated rings. The number of halogens is 1. The Bertz CT molecular complexity index is 770. The van der Waals surface area contributed by atoms with Gasteiger partial charge in [0.1, 0.15) is 18.2 Å². The molecule has 5 heteroatoms. The Morgan fingerprint density at radius 3 is 2.71 bits per heavy atom. The molecule has 0 amide bonds. The zero-order chi connectivity index (χ0) is 14.8. The van der Waals surface area contributed by atoms with Crippen LogP contribution in [0.15, 0.2) is 48.5 Å². The van der Waals surface area contributed by atoms with Gasteiger partial charge in [0.25, 0.3) is 0 Å². The van der Waals surface area contributed by atoms with E-state index >= 15 is 0 Å². The molecule has 4 nitrogen and oxygen atoms in total. The molecule has 3 aromatic rings. The minimum Gasteiger partial charge on any atom is -0.388 e. The van der Waals surface area contributed by atoms with Crippen LogP contribution in [0.2, 0.25) is 0 Å². The number of para-hydroxylation sites is 2. The number of hydrogen-bond donors (Lipinski definition) is 2. The second-order valence-electron chi connectivity index (χ2n) is 4.86. The number of aliphatic hydroxyl groups is 2. The van der Waals surface area contributed by atoms with Gasteiger partial charge in [-0.3, -0.25) is 0 Å². The third-order valence-electron chi connectivity index (χ3n) is 3.46. The first-order valence-electron chi connectivity index (χ1n) is 6.67. The monoisotopic (exact) mass is 286 g/mol. The van der Waals surface area contributed by atoms with Crippen molar-refractivity contribution in [2.75, 3.05) is 0 Å². The molecule has 1 atom stereocenters. The van der Waals surface area contributed by atoms with E-state index in [9.17, 15) is 14.6 Å². The number of nitrogens with zero attached hydrogens (tertiary/aromatic N) is 2. The molecule has 2 N–H and O–H groups in total. The Morgan fingerprint density at radius 2 is 1.95 bits per heavy atom. The Hall–Kier alpha value is -2.24. The molecule has 0 aliphatic heterocycles. The molecule has 2 aromatic carbocycles. The second kappa shape index (κ2) is 5.63. The van der Waals surface area contributed by atoms with Gasteiger partial charge < -0.3 is 14.8 Å². The average Bonchev–Trinajstić information content (AvgIpc) is 2.85. The Balaban J connectivity index is 1.97. The maximum atomic E-state index is 13.2. The molecule has 1 heterocycles. The highest BCUT2D eigenvalue weighted by Gasteiger charge is 2.15. The summed E-state index contributed by atoms with van der Waals surface area (Å²) in [5.74, 6) is 0.0936. The Morgan fingerprint density at radius 1 is 1.14 bits per heavy atom. The number of rotatable bonds is 4. The number of benzene rings is 2. The molecule has 0 spiro atoms. The molecular weight excluding hydrogens is 271 g/mol. The largest absolute Gasteiger partial charge is 0.388 e. The molecule has 0 saturated carbocycles. The van der Waals surface area contributed by atoms with Crippen molar-refractivity contribution < 1.29 is 14.6 Å². The van der Waals surface area contributed by atoms with Gasteiger partial charge >= 0.3 is 0 Å². The van der Waals surface area contributed by atoms with Crippen molar-refractivity contribution in [1.82, 2.24) is 9.55 Å². The first-order chi connectivity index (χ1) is 10.2. The van der Waals surface area contributed by atoms with E-state index in [0.29, 0.717) is 11.4 Å². The summed E-state index contributed by atoms with van der Waals surface area (Å²) in [6.45, 7) is -0.00951. The lowest BCUT2D eigenvalue weighted by atomic mass is 10.1. The highest BCUT2D eigenvalue weighted by molar-refractivity contribution is 5.75. The van der Waals surface area contributed by atoms with Crippen LogP contribution < -0.4 is 0 Å². The van der Waals surface area contributed by atoms with Crippen LogP contribution in [0.5, 0.6) is 0 Å². The van der Waals surface area contributed by atoms with Gasteiger partial charge in [0.15, 0.2) is 0 Å². The van der Waals surface area contributed by atoms with Gasteiger partial charge in [0, 0.05) is 0 Å². The number of aliphatic hydroxyl groups excluding tert-OH is 2. The zero-order valence-electron chi connectivity index (χ0n) is 11.3. The van der Waals surface area contributed by atoms with Gasteiger partial charge in [-0.05, 0) is 29.8 Å². The zero-order valence-corrected chi connectivity index (χ0v) is 11.3. The summed E-state index contributed by atoms with van der Waals surface area (Å²) in [5.41, 5.74) is 2.08. The Labute approximate surface area is 121 Å². The molecule has 0 aliphatic carbocycles. The smallest absolute Gasteiger partial charge is 0.135 e. The van der Waals surface area contributed by atoms with Crippen LogP contribution in [0, 0.1) is 5.82 Å². The lowest BCUT2D eigenvalue weighted by Crippen LogP contribution is -2.12. The predicted octanol–water partition coefficient (Wildman–Crippen LogP) is 2.40. The maximum absolute atomic E-state index is 13.2. The predicted molar refractivity (Wildman–Crippen MR) is 77.0 cm³/mol. The van der Waals surface area contributed by atoms with E-state index in [1.54, 1.807) is 16.7 Å². The summed E-state index contributed by atoms with van der Waals surface area (Å²) in [4.78, 5) is 4.32. The van der Waals surface area contributed by atoms with E-state index in [0.717, 1.165) is 11.0 Å². The van der Waals surface area contributed by atoms with Crippen molar-refractivity contribution in [3.63, 3.8) is 0 Å². The van der Waals surface area contributed by atoms with Crippen molar-refractivity contribution in [2.24, 2.45) is 0 Å². The highest BCUT2D eigenvalue weighted by atomic mass is 19.1. The molecule has 108 valence electrons. The molecule has 21 heavy (non-hydrogen) atoms. The summed E-state index contributed by atoms with van der Waals surface area (Å²) < 4.78 is 15.0. The van der Waals surface area contributed by atoms with Crippen LogP contribution >= 0.6 is 0 Å². The number of hydrogen-bond acceptors (Lipinski definition) is 3. The number of fused-ring (bicyclic) bond motifs is 1. The molecule has 0 bridgehead atoms. The molecule has 0 saturated heterocycles. The fourth-order valence-corrected chi connectivity index (χ4v) is 2.44. The van der Waals surface area contributed by atoms with E-state index in [-0.39, 0.29) is 19.0 Å². The Kier molecular flexibility index (Phi) is 3.68. The van der Waals surface area contributed by atoms with Crippen molar-refractivity contribution in [1.29, 1.82) is 0 Å². The topological polar surface area (TPSA) is 58.3 Å². The quantitative estimate of drug-likeness (QED) is 0.774. The van der Waals surface area contributed by atoms with Crippen molar-refractivity contribution in [3.8, 4) is 0 Å². The van der Waals surface area contributed by atoms with Gasteiger partial charge in [-0.2, -0.15) is 0 Å². The minimum atomic E-state index is -0.872. The number of aromatic nitrogens is 2. The van der Waals surface area contributed by atoms with Crippen molar-refractivity contribution in [3.05, 3.63) is 65.7 Å². The van der Waals surface area contributed by atoms with Gasteiger partial charge in [-0.1, -0.05) is 24.3 Å². The third kappa shape index (κ3) is 2.66. The van der Waals surface area contributed by atoms with Crippen LogP contribution in [0.1, 0.15) is 17.5 Å². The first-order valence-corrected chi connectivity index (χ1v) is 6.67. The number of imidazole rings is 1.